The standard InChI is InChI=1S/C13H19N/c1-4-8-13(14(2)3)11-12-9-6-5-7-10-12/h4-7,9-10,13H,1,8,11H2,2-3H3. The molecule has 1 aromatic carbocycles. The van der Waals surface area contributed by atoms with Gasteiger partial charge in [0.05, 0.1) is 0 Å². The molecule has 1 rings (SSSR count). The predicted octanol–water partition coefficient (Wildman–Crippen LogP) is 2.74. The molecular formula is C13H19N. The van der Waals surface area contributed by atoms with Crippen molar-refractivity contribution in [2.45, 2.75) is 18.9 Å². The Kier molecular flexibility index (Phi) is 4.41. The van der Waals surface area contributed by atoms with Crippen LogP contribution in [0.5, 0.6) is 0 Å². The molecule has 0 saturated carbocycles. The molecule has 0 aromatic heterocycles. The molecule has 0 fully saturated rings. The van der Waals surface area contributed by atoms with E-state index in [1.54, 1.807) is 0 Å². The van der Waals surface area contributed by atoms with Crippen molar-refractivity contribution in [3.63, 3.8) is 0 Å². The van der Waals surface area contributed by atoms with Gasteiger partial charge in [-0.3, -0.25) is 0 Å². The van der Waals surface area contributed by atoms with Gasteiger partial charge in [0.15, 0.2) is 0 Å². The quantitative estimate of drug-likeness (QED) is 0.644. The maximum absolute atomic E-state index is 3.80. The van der Waals surface area contributed by atoms with Gasteiger partial charge in [-0.25, -0.2) is 0 Å². The molecule has 76 valence electrons. The summed E-state index contributed by atoms with van der Waals surface area (Å²) in [4.78, 5) is 2.26. The Labute approximate surface area is 87.1 Å². The van der Waals surface area contributed by atoms with Crippen molar-refractivity contribution >= 4 is 0 Å². The summed E-state index contributed by atoms with van der Waals surface area (Å²) in [6, 6.07) is 11.2. The summed E-state index contributed by atoms with van der Waals surface area (Å²) in [5, 5.41) is 0. The van der Waals surface area contributed by atoms with E-state index < -0.39 is 0 Å². The van der Waals surface area contributed by atoms with Crippen LogP contribution in [-0.2, 0) is 6.42 Å². The average Bonchev–Trinajstić information content (AvgIpc) is 2.18. The van der Waals surface area contributed by atoms with Crippen molar-refractivity contribution in [2.24, 2.45) is 0 Å². The van der Waals surface area contributed by atoms with E-state index in [0.29, 0.717) is 6.04 Å². The lowest BCUT2D eigenvalue weighted by Gasteiger charge is -2.23. The van der Waals surface area contributed by atoms with Crippen LogP contribution in [0.15, 0.2) is 43.0 Å². The Bertz CT molecular complexity index is 264. The molecule has 0 aliphatic heterocycles. The smallest absolute Gasteiger partial charge is 0.0164 e. The summed E-state index contributed by atoms with van der Waals surface area (Å²) < 4.78 is 0. The van der Waals surface area contributed by atoms with Gasteiger partial charge in [-0.05, 0) is 32.5 Å². The van der Waals surface area contributed by atoms with Crippen LogP contribution in [0.25, 0.3) is 0 Å². The molecule has 1 unspecified atom stereocenters. The van der Waals surface area contributed by atoms with Crippen LogP contribution in [0.4, 0.5) is 0 Å². The van der Waals surface area contributed by atoms with Crippen LogP contribution in [0.3, 0.4) is 0 Å². The van der Waals surface area contributed by atoms with Gasteiger partial charge in [0.2, 0.25) is 0 Å². The number of likely N-dealkylation sites (N-methyl/N-ethyl adjacent to an activating group) is 1. The van der Waals surface area contributed by atoms with Crippen molar-refractivity contribution in [3.05, 3.63) is 48.6 Å². The van der Waals surface area contributed by atoms with Gasteiger partial charge >= 0.3 is 0 Å². The fourth-order valence-electron chi connectivity index (χ4n) is 1.56. The third-order valence-corrected chi connectivity index (χ3v) is 2.48. The Morgan fingerprint density at radius 3 is 2.43 bits per heavy atom. The molecule has 1 nitrogen and oxygen atoms in total. The van der Waals surface area contributed by atoms with E-state index in [1.807, 2.05) is 6.08 Å². The van der Waals surface area contributed by atoms with E-state index >= 15 is 0 Å². The van der Waals surface area contributed by atoms with Crippen molar-refractivity contribution in [2.75, 3.05) is 14.1 Å². The molecule has 0 amide bonds. The summed E-state index contributed by atoms with van der Waals surface area (Å²) in [6.45, 7) is 3.80. The molecule has 0 N–H and O–H groups in total. The number of nitrogens with zero attached hydrogens (tertiary/aromatic N) is 1. The van der Waals surface area contributed by atoms with Crippen LogP contribution in [-0.4, -0.2) is 25.0 Å². The summed E-state index contributed by atoms with van der Waals surface area (Å²) in [7, 11) is 4.24. The van der Waals surface area contributed by atoms with Crippen molar-refractivity contribution in [1.82, 2.24) is 4.90 Å². The number of benzene rings is 1. The highest BCUT2D eigenvalue weighted by atomic mass is 15.1. The first-order valence-corrected chi connectivity index (χ1v) is 5.05. The normalized spacial score (nSPS) is 12.8. The SMILES string of the molecule is C=CCC(Cc1ccccc1)N(C)C. The predicted molar refractivity (Wildman–Crippen MR) is 62.4 cm³/mol. The van der Waals surface area contributed by atoms with Gasteiger partial charge in [-0.1, -0.05) is 36.4 Å². The van der Waals surface area contributed by atoms with Crippen LogP contribution >= 0.6 is 0 Å². The zero-order chi connectivity index (χ0) is 10.4. The number of hydrogen-bond acceptors (Lipinski definition) is 1. The van der Waals surface area contributed by atoms with Crippen LogP contribution in [0.2, 0.25) is 0 Å². The minimum absolute atomic E-state index is 0.565. The molecule has 1 atom stereocenters. The zero-order valence-corrected chi connectivity index (χ0v) is 9.11. The second kappa shape index (κ2) is 5.61. The van der Waals surface area contributed by atoms with Crippen molar-refractivity contribution < 1.29 is 0 Å². The minimum Gasteiger partial charge on any atom is -0.306 e. The van der Waals surface area contributed by atoms with E-state index in [2.05, 4.69) is 55.9 Å². The Balaban J connectivity index is 2.60. The molecule has 0 bridgehead atoms. The molecule has 0 radical (unpaired) electrons. The second-order valence-electron chi connectivity index (χ2n) is 3.83. The average molecular weight is 189 g/mol. The molecular weight excluding hydrogens is 170 g/mol. The van der Waals surface area contributed by atoms with E-state index in [-0.39, 0.29) is 0 Å². The van der Waals surface area contributed by atoms with Gasteiger partial charge in [0.1, 0.15) is 0 Å². The zero-order valence-electron chi connectivity index (χ0n) is 9.11. The van der Waals surface area contributed by atoms with E-state index in [4.69, 9.17) is 0 Å². The second-order valence-corrected chi connectivity index (χ2v) is 3.83. The van der Waals surface area contributed by atoms with Gasteiger partial charge in [-0.15, -0.1) is 6.58 Å². The van der Waals surface area contributed by atoms with E-state index in [9.17, 15) is 0 Å². The van der Waals surface area contributed by atoms with Crippen LogP contribution in [0.1, 0.15) is 12.0 Å². The third kappa shape index (κ3) is 3.35. The maximum Gasteiger partial charge on any atom is 0.0164 e. The summed E-state index contributed by atoms with van der Waals surface area (Å²) in [5.41, 5.74) is 1.40. The fourth-order valence-corrected chi connectivity index (χ4v) is 1.56. The third-order valence-electron chi connectivity index (χ3n) is 2.48. The molecule has 1 aromatic rings. The molecule has 0 saturated heterocycles. The lowest BCUT2D eigenvalue weighted by molar-refractivity contribution is 0.293. The molecule has 0 spiro atoms. The van der Waals surface area contributed by atoms with E-state index in [0.717, 1.165) is 12.8 Å². The number of hydrogen-bond donors (Lipinski definition) is 0. The molecule has 1 heteroatoms. The van der Waals surface area contributed by atoms with E-state index in [1.165, 1.54) is 5.56 Å². The molecule has 14 heavy (non-hydrogen) atoms. The minimum atomic E-state index is 0.565. The monoisotopic (exact) mass is 189 g/mol. The summed E-state index contributed by atoms with van der Waals surface area (Å²) in [6.07, 6.45) is 4.13. The highest BCUT2D eigenvalue weighted by Crippen LogP contribution is 2.09. The Morgan fingerprint density at radius 1 is 1.29 bits per heavy atom. The van der Waals surface area contributed by atoms with Crippen molar-refractivity contribution in [1.29, 1.82) is 0 Å². The van der Waals surface area contributed by atoms with Gasteiger partial charge < -0.3 is 4.90 Å². The Hall–Kier alpha value is -1.08. The number of rotatable bonds is 5. The van der Waals surface area contributed by atoms with Gasteiger partial charge in [-0.2, -0.15) is 0 Å². The maximum atomic E-state index is 3.80. The van der Waals surface area contributed by atoms with Crippen molar-refractivity contribution in [3.8, 4) is 0 Å². The lowest BCUT2D eigenvalue weighted by atomic mass is 10.0. The topological polar surface area (TPSA) is 3.24 Å². The fraction of sp³-hybridized carbons (Fsp3) is 0.385. The first-order chi connectivity index (χ1) is 6.74. The largest absolute Gasteiger partial charge is 0.306 e. The van der Waals surface area contributed by atoms with Gasteiger partial charge in [0, 0.05) is 6.04 Å². The highest BCUT2D eigenvalue weighted by Gasteiger charge is 2.09. The summed E-state index contributed by atoms with van der Waals surface area (Å²) >= 11 is 0. The highest BCUT2D eigenvalue weighted by molar-refractivity contribution is 5.16. The first-order valence-electron chi connectivity index (χ1n) is 5.05. The van der Waals surface area contributed by atoms with Gasteiger partial charge in [0.25, 0.3) is 0 Å². The lowest BCUT2D eigenvalue weighted by Crippen LogP contribution is -2.29. The van der Waals surface area contributed by atoms with Crippen LogP contribution in [0, 0.1) is 0 Å². The Morgan fingerprint density at radius 2 is 1.93 bits per heavy atom. The first kappa shape index (κ1) is 11.0. The van der Waals surface area contributed by atoms with Crippen LogP contribution < -0.4 is 0 Å². The molecule has 0 aliphatic carbocycles. The molecule has 0 aliphatic rings. The molecule has 0 heterocycles. The summed E-state index contributed by atoms with van der Waals surface area (Å²) in [5.74, 6) is 0.